The molecule has 0 N–H and O–H groups in total. The van der Waals surface area contributed by atoms with Crippen molar-refractivity contribution in [2.45, 2.75) is 25.8 Å². The Morgan fingerprint density at radius 1 is 1.47 bits per heavy atom. The van der Waals surface area contributed by atoms with Gasteiger partial charge in [0.05, 0.1) is 0 Å². The Bertz CT molecular complexity index is 579. The summed E-state index contributed by atoms with van der Waals surface area (Å²) in [5.74, 6) is 2.40. The SMILES string of the molecule is C#CC(CCc1sc2ccccc2c1C)N=O. The monoisotopic (exact) mass is 243 g/mol. The molecular weight excluding hydrogens is 230 g/mol. The molecule has 2 rings (SSSR count). The van der Waals surface area contributed by atoms with Gasteiger partial charge >= 0.3 is 0 Å². The van der Waals surface area contributed by atoms with Gasteiger partial charge in [0, 0.05) is 9.58 Å². The van der Waals surface area contributed by atoms with E-state index in [-0.39, 0.29) is 0 Å². The first-order chi connectivity index (χ1) is 8.26. The summed E-state index contributed by atoms with van der Waals surface area (Å²) in [7, 11) is 0. The number of thiophene rings is 1. The fourth-order valence-electron chi connectivity index (χ4n) is 1.90. The summed E-state index contributed by atoms with van der Waals surface area (Å²) in [6, 6.07) is 7.83. The number of nitroso groups, excluding NO2 is 1. The third-order valence-corrected chi connectivity index (χ3v) is 4.24. The van der Waals surface area contributed by atoms with Crippen molar-refractivity contribution in [3.63, 3.8) is 0 Å². The van der Waals surface area contributed by atoms with Crippen molar-refractivity contribution >= 4 is 21.4 Å². The highest BCUT2D eigenvalue weighted by atomic mass is 32.1. The summed E-state index contributed by atoms with van der Waals surface area (Å²) >= 11 is 1.77. The number of nitrogens with zero attached hydrogens (tertiary/aromatic N) is 1. The van der Waals surface area contributed by atoms with Crippen molar-refractivity contribution in [2.75, 3.05) is 0 Å². The average molecular weight is 243 g/mol. The largest absolute Gasteiger partial charge is 0.152 e. The van der Waals surface area contributed by atoms with Gasteiger partial charge in [0.1, 0.15) is 0 Å². The van der Waals surface area contributed by atoms with E-state index < -0.39 is 6.04 Å². The van der Waals surface area contributed by atoms with Crippen molar-refractivity contribution in [3.8, 4) is 12.3 Å². The first-order valence-electron chi connectivity index (χ1n) is 5.52. The van der Waals surface area contributed by atoms with Gasteiger partial charge in [-0.15, -0.1) is 22.7 Å². The van der Waals surface area contributed by atoms with Crippen LogP contribution in [0, 0.1) is 24.2 Å². The van der Waals surface area contributed by atoms with E-state index in [0.29, 0.717) is 6.42 Å². The van der Waals surface area contributed by atoms with Gasteiger partial charge in [0.2, 0.25) is 0 Å². The molecule has 17 heavy (non-hydrogen) atoms. The molecule has 86 valence electrons. The van der Waals surface area contributed by atoms with Crippen LogP contribution in [-0.2, 0) is 6.42 Å². The molecule has 0 saturated carbocycles. The van der Waals surface area contributed by atoms with Crippen LogP contribution < -0.4 is 0 Å². The predicted octanol–water partition coefficient (Wildman–Crippen LogP) is 3.91. The summed E-state index contributed by atoms with van der Waals surface area (Å²) in [6.07, 6.45) is 6.68. The summed E-state index contributed by atoms with van der Waals surface area (Å²) in [5, 5.41) is 4.22. The van der Waals surface area contributed by atoms with Crippen LogP contribution in [0.4, 0.5) is 0 Å². The number of rotatable bonds is 4. The van der Waals surface area contributed by atoms with Crippen molar-refractivity contribution in [3.05, 3.63) is 39.6 Å². The Kier molecular flexibility index (Phi) is 3.55. The third-order valence-electron chi connectivity index (χ3n) is 2.91. The van der Waals surface area contributed by atoms with Crippen LogP contribution >= 0.6 is 11.3 Å². The molecule has 0 aliphatic carbocycles. The second-order valence-corrected chi connectivity index (χ2v) is 5.11. The van der Waals surface area contributed by atoms with E-state index in [9.17, 15) is 4.91 Å². The molecule has 0 bridgehead atoms. The zero-order valence-corrected chi connectivity index (χ0v) is 10.5. The second-order valence-electron chi connectivity index (χ2n) is 3.97. The molecule has 0 fully saturated rings. The van der Waals surface area contributed by atoms with Gasteiger partial charge in [-0.05, 0) is 36.8 Å². The van der Waals surface area contributed by atoms with Crippen LogP contribution in [0.25, 0.3) is 10.1 Å². The van der Waals surface area contributed by atoms with Gasteiger partial charge < -0.3 is 0 Å². The number of aryl methyl sites for hydroxylation is 2. The summed E-state index contributed by atoms with van der Waals surface area (Å²) in [5.41, 5.74) is 1.30. The lowest BCUT2D eigenvalue weighted by Gasteiger charge is -2.01. The molecule has 1 unspecified atom stereocenters. The molecule has 1 atom stereocenters. The number of benzene rings is 1. The van der Waals surface area contributed by atoms with E-state index in [1.807, 2.05) is 12.1 Å². The molecule has 1 heterocycles. The van der Waals surface area contributed by atoms with Gasteiger partial charge in [0.15, 0.2) is 6.04 Å². The van der Waals surface area contributed by atoms with Gasteiger partial charge in [-0.1, -0.05) is 29.3 Å². The molecule has 1 aromatic carbocycles. The maximum atomic E-state index is 10.4. The van der Waals surface area contributed by atoms with Crippen LogP contribution in [0.5, 0.6) is 0 Å². The fraction of sp³-hybridized carbons (Fsp3) is 0.286. The third kappa shape index (κ3) is 2.37. The Hall–Kier alpha value is -1.66. The van der Waals surface area contributed by atoms with Crippen molar-refractivity contribution in [1.29, 1.82) is 0 Å². The number of fused-ring (bicyclic) bond motifs is 1. The average Bonchev–Trinajstić information content (AvgIpc) is 2.68. The molecule has 0 aliphatic rings. The molecule has 3 heteroatoms. The highest BCUT2D eigenvalue weighted by molar-refractivity contribution is 7.19. The molecule has 2 aromatic rings. The Balaban J connectivity index is 2.22. The van der Waals surface area contributed by atoms with Crippen LogP contribution in [0.15, 0.2) is 29.4 Å². The lowest BCUT2D eigenvalue weighted by atomic mass is 10.1. The predicted molar refractivity (Wildman–Crippen MR) is 73.3 cm³/mol. The standard InChI is InChI=1S/C14H13NOS/c1-3-11(15-16)8-9-13-10(2)12-6-4-5-7-14(12)17-13/h1,4-7,11H,8-9H2,2H3. The van der Waals surface area contributed by atoms with Crippen molar-refractivity contribution in [2.24, 2.45) is 5.18 Å². The van der Waals surface area contributed by atoms with Crippen molar-refractivity contribution < 1.29 is 0 Å². The fourth-order valence-corrected chi connectivity index (χ4v) is 3.12. The van der Waals surface area contributed by atoms with Gasteiger partial charge in [-0.3, -0.25) is 0 Å². The quantitative estimate of drug-likeness (QED) is 0.591. The van der Waals surface area contributed by atoms with E-state index in [0.717, 1.165) is 6.42 Å². The second kappa shape index (κ2) is 5.11. The molecular formula is C14H13NOS. The van der Waals surface area contributed by atoms with Crippen LogP contribution in [0.1, 0.15) is 16.9 Å². The normalized spacial score (nSPS) is 12.2. The van der Waals surface area contributed by atoms with Gasteiger partial charge in [0.25, 0.3) is 0 Å². The zero-order valence-electron chi connectivity index (χ0n) is 9.64. The minimum Gasteiger partial charge on any atom is -0.149 e. The first-order valence-corrected chi connectivity index (χ1v) is 6.33. The zero-order chi connectivity index (χ0) is 12.3. The van der Waals surface area contributed by atoms with E-state index >= 15 is 0 Å². The molecule has 0 radical (unpaired) electrons. The summed E-state index contributed by atoms with van der Waals surface area (Å²) in [4.78, 5) is 11.7. The molecule has 1 aromatic heterocycles. The topological polar surface area (TPSA) is 29.4 Å². The molecule has 0 saturated heterocycles. The summed E-state index contributed by atoms with van der Waals surface area (Å²) in [6.45, 7) is 2.12. The van der Waals surface area contributed by atoms with Crippen LogP contribution in [0.2, 0.25) is 0 Å². The highest BCUT2D eigenvalue weighted by Gasteiger charge is 2.10. The van der Waals surface area contributed by atoms with E-state index in [1.54, 1.807) is 11.3 Å². The van der Waals surface area contributed by atoms with E-state index in [4.69, 9.17) is 6.42 Å². The lowest BCUT2D eigenvalue weighted by molar-refractivity contribution is 0.740. The Morgan fingerprint density at radius 3 is 2.88 bits per heavy atom. The van der Waals surface area contributed by atoms with Crippen LogP contribution in [-0.4, -0.2) is 6.04 Å². The number of hydrogen-bond donors (Lipinski definition) is 0. The van der Waals surface area contributed by atoms with Gasteiger partial charge in [-0.25, -0.2) is 0 Å². The highest BCUT2D eigenvalue weighted by Crippen LogP contribution is 2.31. The number of hydrogen-bond acceptors (Lipinski definition) is 3. The Labute approximate surface area is 105 Å². The van der Waals surface area contributed by atoms with E-state index in [1.165, 1.54) is 20.5 Å². The van der Waals surface area contributed by atoms with Crippen molar-refractivity contribution in [1.82, 2.24) is 0 Å². The first kappa shape index (κ1) is 11.8. The number of terminal acetylenes is 1. The minimum absolute atomic E-state index is 0.500. The van der Waals surface area contributed by atoms with E-state index in [2.05, 4.69) is 30.2 Å². The molecule has 0 aliphatic heterocycles. The molecule has 2 nitrogen and oxygen atoms in total. The molecule has 0 spiro atoms. The molecule has 0 amide bonds. The summed E-state index contributed by atoms with van der Waals surface area (Å²) < 4.78 is 1.29. The smallest absolute Gasteiger partial charge is 0.149 e. The van der Waals surface area contributed by atoms with Gasteiger partial charge in [-0.2, -0.15) is 0 Å². The minimum atomic E-state index is -0.500. The maximum absolute atomic E-state index is 10.4. The Morgan fingerprint density at radius 2 is 2.24 bits per heavy atom. The van der Waals surface area contributed by atoms with Crippen LogP contribution in [0.3, 0.4) is 0 Å². The lowest BCUT2D eigenvalue weighted by Crippen LogP contribution is -2.01. The maximum Gasteiger partial charge on any atom is 0.152 e.